The van der Waals surface area contributed by atoms with Crippen LogP contribution >= 0.6 is 0 Å². The van der Waals surface area contributed by atoms with Crippen molar-refractivity contribution in [1.29, 1.82) is 0 Å². The van der Waals surface area contributed by atoms with Crippen LogP contribution in [0.3, 0.4) is 0 Å². The maximum atomic E-state index is 10.0. The minimum absolute atomic E-state index is 0.0541. The molecular weight excluding hydrogens is 212 g/mol. The molecule has 0 fully saturated rings. The Hall–Kier alpha value is -1.62. The standard InChI is InChI=1S/C15H18O2/c1-6-10-7-11-13(12(16)8-10)17-15(4,5)9-14(11,2)3/h1,7-8,16H,9H2,2-5H3. The second-order valence-corrected chi connectivity index (χ2v) is 5.94. The number of fused-ring (bicyclic) bond motifs is 1. The van der Waals surface area contributed by atoms with Gasteiger partial charge in [0.15, 0.2) is 11.5 Å². The van der Waals surface area contributed by atoms with Crippen LogP contribution in [0.4, 0.5) is 0 Å². The van der Waals surface area contributed by atoms with Gasteiger partial charge in [0.25, 0.3) is 0 Å². The van der Waals surface area contributed by atoms with E-state index in [1.807, 2.05) is 19.9 Å². The van der Waals surface area contributed by atoms with Gasteiger partial charge < -0.3 is 9.84 Å². The molecule has 1 aliphatic rings. The normalized spacial score (nSPS) is 19.9. The summed E-state index contributed by atoms with van der Waals surface area (Å²) in [4.78, 5) is 0. The number of hydrogen-bond donors (Lipinski definition) is 1. The van der Waals surface area contributed by atoms with E-state index in [0.29, 0.717) is 11.3 Å². The van der Waals surface area contributed by atoms with Crippen LogP contribution in [0.2, 0.25) is 0 Å². The molecule has 1 aromatic rings. The minimum Gasteiger partial charge on any atom is -0.504 e. The van der Waals surface area contributed by atoms with Gasteiger partial charge in [-0.3, -0.25) is 0 Å². The lowest BCUT2D eigenvalue weighted by Gasteiger charge is -2.42. The lowest BCUT2D eigenvalue weighted by molar-refractivity contribution is 0.0499. The van der Waals surface area contributed by atoms with Crippen molar-refractivity contribution in [3.05, 3.63) is 23.3 Å². The van der Waals surface area contributed by atoms with E-state index >= 15 is 0 Å². The van der Waals surface area contributed by atoms with E-state index in [4.69, 9.17) is 11.2 Å². The first-order chi connectivity index (χ1) is 7.75. The van der Waals surface area contributed by atoms with Gasteiger partial charge in [0.05, 0.1) is 0 Å². The highest BCUT2D eigenvalue weighted by molar-refractivity contribution is 5.56. The molecule has 0 bridgehead atoms. The average Bonchev–Trinajstić information content (AvgIpc) is 2.17. The third kappa shape index (κ3) is 1.98. The van der Waals surface area contributed by atoms with Gasteiger partial charge in [-0.15, -0.1) is 6.42 Å². The summed E-state index contributed by atoms with van der Waals surface area (Å²) < 4.78 is 5.87. The smallest absolute Gasteiger partial charge is 0.165 e. The molecule has 0 atom stereocenters. The molecule has 17 heavy (non-hydrogen) atoms. The third-order valence-electron chi connectivity index (χ3n) is 3.21. The lowest BCUT2D eigenvalue weighted by atomic mass is 9.73. The highest BCUT2D eigenvalue weighted by Crippen LogP contribution is 2.48. The monoisotopic (exact) mass is 230 g/mol. The Labute approximate surface area is 103 Å². The first-order valence-electron chi connectivity index (χ1n) is 5.78. The Morgan fingerprint density at radius 3 is 2.53 bits per heavy atom. The maximum absolute atomic E-state index is 10.0. The number of rotatable bonds is 0. The maximum Gasteiger partial charge on any atom is 0.165 e. The van der Waals surface area contributed by atoms with Crippen molar-refractivity contribution in [3.63, 3.8) is 0 Å². The number of hydrogen-bond acceptors (Lipinski definition) is 2. The summed E-state index contributed by atoms with van der Waals surface area (Å²) in [6.07, 6.45) is 6.28. The van der Waals surface area contributed by atoms with Crippen LogP contribution in [0.5, 0.6) is 11.5 Å². The van der Waals surface area contributed by atoms with Gasteiger partial charge in [0.2, 0.25) is 0 Å². The van der Waals surface area contributed by atoms with Gasteiger partial charge in [-0.05, 0) is 37.8 Å². The van der Waals surface area contributed by atoms with Crippen molar-refractivity contribution >= 4 is 0 Å². The van der Waals surface area contributed by atoms with E-state index in [0.717, 1.165) is 12.0 Å². The molecule has 0 saturated heterocycles. The summed E-state index contributed by atoms with van der Waals surface area (Å²) in [7, 11) is 0. The molecule has 1 aromatic carbocycles. The molecular formula is C15H18O2. The molecule has 2 heteroatoms. The zero-order chi connectivity index (χ0) is 12.8. The summed E-state index contributed by atoms with van der Waals surface area (Å²) in [6.45, 7) is 8.37. The molecule has 2 nitrogen and oxygen atoms in total. The SMILES string of the molecule is C#Cc1cc(O)c2c(c1)C(C)(C)CC(C)(C)O2. The molecule has 0 amide bonds. The first-order valence-corrected chi connectivity index (χ1v) is 5.78. The average molecular weight is 230 g/mol. The van der Waals surface area contributed by atoms with E-state index in [9.17, 15) is 5.11 Å². The highest BCUT2D eigenvalue weighted by Gasteiger charge is 2.40. The van der Waals surface area contributed by atoms with Gasteiger partial charge in [-0.2, -0.15) is 0 Å². The number of phenolic OH excluding ortho intramolecular Hbond substituents is 1. The van der Waals surface area contributed by atoms with Crippen LogP contribution in [-0.2, 0) is 5.41 Å². The zero-order valence-corrected chi connectivity index (χ0v) is 10.8. The molecule has 0 radical (unpaired) electrons. The van der Waals surface area contributed by atoms with E-state index in [-0.39, 0.29) is 16.8 Å². The predicted octanol–water partition coefficient (Wildman–Crippen LogP) is 3.21. The Kier molecular flexibility index (Phi) is 2.39. The summed E-state index contributed by atoms with van der Waals surface area (Å²) in [5.41, 5.74) is 1.36. The highest BCUT2D eigenvalue weighted by atomic mass is 16.5. The van der Waals surface area contributed by atoms with Crippen LogP contribution in [0.15, 0.2) is 12.1 Å². The Balaban J connectivity index is 2.67. The molecule has 90 valence electrons. The number of ether oxygens (including phenoxy) is 1. The van der Waals surface area contributed by atoms with E-state index in [1.165, 1.54) is 0 Å². The second-order valence-electron chi connectivity index (χ2n) is 5.94. The quantitative estimate of drug-likeness (QED) is 0.693. The van der Waals surface area contributed by atoms with Crippen molar-refractivity contribution in [3.8, 4) is 23.8 Å². The molecule has 1 N–H and O–H groups in total. The van der Waals surface area contributed by atoms with Crippen molar-refractivity contribution in [2.24, 2.45) is 0 Å². The first kappa shape index (κ1) is 11.9. The molecule has 0 saturated carbocycles. The van der Waals surface area contributed by atoms with Gasteiger partial charge in [0, 0.05) is 11.1 Å². The molecule has 0 aromatic heterocycles. The fourth-order valence-electron chi connectivity index (χ4n) is 2.78. The number of phenols is 1. The Morgan fingerprint density at radius 1 is 1.29 bits per heavy atom. The summed E-state index contributed by atoms with van der Waals surface area (Å²) >= 11 is 0. The molecule has 0 aliphatic carbocycles. The van der Waals surface area contributed by atoms with Gasteiger partial charge in [-0.25, -0.2) is 0 Å². The number of benzene rings is 1. The molecule has 1 aliphatic heterocycles. The van der Waals surface area contributed by atoms with Crippen LogP contribution in [-0.4, -0.2) is 10.7 Å². The number of terminal acetylenes is 1. The van der Waals surface area contributed by atoms with E-state index in [2.05, 4.69) is 19.8 Å². The van der Waals surface area contributed by atoms with Gasteiger partial charge >= 0.3 is 0 Å². The molecule has 0 spiro atoms. The fraction of sp³-hybridized carbons (Fsp3) is 0.467. The molecule has 1 heterocycles. The molecule has 2 rings (SSSR count). The van der Waals surface area contributed by atoms with Gasteiger partial charge in [-0.1, -0.05) is 19.8 Å². The van der Waals surface area contributed by atoms with Crippen LogP contribution in [0, 0.1) is 12.3 Å². The van der Waals surface area contributed by atoms with Crippen LogP contribution in [0.25, 0.3) is 0 Å². The summed E-state index contributed by atoms with van der Waals surface area (Å²) in [6, 6.07) is 3.51. The summed E-state index contributed by atoms with van der Waals surface area (Å²) in [5.74, 6) is 3.27. The topological polar surface area (TPSA) is 29.5 Å². The summed E-state index contributed by atoms with van der Waals surface area (Å²) in [5, 5.41) is 10.0. The van der Waals surface area contributed by atoms with E-state index < -0.39 is 0 Å². The van der Waals surface area contributed by atoms with Crippen LogP contribution in [0.1, 0.15) is 45.2 Å². The van der Waals surface area contributed by atoms with Crippen molar-refractivity contribution in [2.45, 2.75) is 45.1 Å². The molecule has 0 unspecified atom stereocenters. The lowest BCUT2D eigenvalue weighted by Crippen LogP contribution is -2.41. The van der Waals surface area contributed by atoms with Crippen LogP contribution < -0.4 is 4.74 Å². The van der Waals surface area contributed by atoms with Crippen molar-refractivity contribution < 1.29 is 9.84 Å². The third-order valence-corrected chi connectivity index (χ3v) is 3.21. The zero-order valence-electron chi connectivity index (χ0n) is 10.8. The minimum atomic E-state index is -0.272. The largest absolute Gasteiger partial charge is 0.504 e. The van der Waals surface area contributed by atoms with E-state index in [1.54, 1.807) is 6.07 Å². The fourth-order valence-corrected chi connectivity index (χ4v) is 2.78. The van der Waals surface area contributed by atoms with Crippen molar-refractivity contribution in [2.75, 3.05) is 0 Å². The van der Waals surface area contributed by atoms with Crippen molar-refractivity contribution in [1.82, 2.24) is 0 Å². The predicted molar refractivity (Wildman–Crippen MR) is 68.4 cm³/mol. The Bertz CT molecular complexity index is 504. The van der Waals surface area contributed by atoms with Gasteiger partial charge in [0.1, 0.15) is 5.60 Å². The second kappa shape index (κ2) is 3.43. The Morgan fingerprint density at radius 2 is 1.94 bits per heavy atom. The number of aromatic hydroxyl groups is 1.